The molecule has 0 saturated carbocycles. The number of nitrogens with zero attached hydrogens (tertiary/aromatic N) is 3. The minimum Gasteiger partial charge on any atom is -0.247 e. The van der Waals surface area contributed by atoms with Gasteiger partial charge in [-0.3, -0.25) is 0 Å². The van der Waals surface area contributed by atoms with Crippen LogP contribution in [0.5, 0.6) is 0 Å². The molecule has 90 valence electrons. The Kier molecular flexibility index (Phi) is 2.60. The van der Waals surface area contributed by atoms with Crippen LogP contribution in [0.4, 0.5) is 4.39 Å². The van der Waals surface area contributed by atoms with Crippen LogP contribution in [0.3, 0.4) is 0 Å². The zero-order valence-corrected chi connectivity index (χ0v) is 9.82. The van der Waals surface area contributed by atoms with Crippen molar-refractivity contribution < 1.29 is 4.39 Å². The Balaban J connectivity index is 2.07. The lowest BCUT2D eigenvalue weighted by Gasteiger charge is -2.01. The van der Waals surface area contributed by atoms with Crippen molar-refractivity contribution in [2.24, 2.45) is 0 Å². The molecule has 0 unspecified atom stereocenters. The van der Waals surface area contributed by atoms with E-state index in [2.05, 4.69) is 15.2 Å². The number of nitrogens with one attached hydrogen (secondary N) is 1. The number of halogens is 1. The third-order valence-electron chi connectivity index (χ3n) is 2.31. The summed E-state index contributed by atoms with van der Waals surface area (Å²) in [6, 6.07) is 6.16. The molecule has 0 atom stereocenters. The van der Waals surface area contributed by atoms with Crippen molar-refractivity contribution in [1.82, 2.24) is 19.6 Å². The van der Waals surface area contributed by atoms with Crippen molar-refractivity contribution in [3.05, 3.63) is 53.0 Å². The summed E-state index contributed by atoms with van der Waals surface area (Å²) in [5.74, 6) is -0.314. The second-order valence-corrected chi connectivity index (χ2v) is 4.58. The van der Waals surface area contributed by atoms with Crippen LogP contribution < -0.4 is 5.69 Å². The molecule has 0 saturated heterocycles. The normalized spacial score (nSPS) is 10.9. The average Bonchev–Trinajstić information content (AvgIpc) is 2.73. The van der Waals surface area contributed by atoms with Gasteiger partial charge in [-0.25, -0.2) is 23.7 Å². The zero-order chi connectivity index (χ0) is 12.5. The summed E-state index contributed by atoms with van der Waals surface area (Å²) in [4.78, 5) is 16.2. The van der Waals surface area contributed by atoms with Crippen molar-refractivity contribution in [2.75, 3.05) is 0 Å². The Morgan fingerprint density at radius 1 is 1.39 bits per heavy atom. The van der Waals surface area contributed by atoms with Gasteiger partial charge < -0.3 is 0 Å². The molecule has 0 aliphatic carbocycles. The molecule has 2 heterocycles. The topological polar surface area (TPSA) is 63.0 Å². The van der Waals surface area contributed by atoms with E-state index in [1.165, 1.54) is 40.7 Å². The van der Waals surface area contributed by atoms with E-state index in [1.807, 2.05) is 0 Å². The number of fused-ring (bicyclic) bond motifs is 1. The number of hydrogen-bond donors (Lipinski definition) is 1. The Hall–Kier alpha value is -2.15. The first-order valence-electron chi connectivity index (χ1n) is 5.09. The summed E-state index contributed by atoms with van der Waals surface area (Å²) in [6.07, 6.45) is 3.03. The van der Waals surface area contributed by atoms with E-state index in [9.17, 15) is 9.18 Å². The van der Waals surface area contributed by atoms with E-state index in [0.717, 1.165) is 0 Å². The molecule has 1 aromatic carbocycles. The molecule has 0 spiro atoms. The van der Waals surface area contributed by atoms with E-state index in [-0.39, 0.29) is 11.5 Å². The summed E-state index contributed by atoms with van der Waals surface area (Å²) in [5.41, 5.74) is 0.102. The van der Waals surface area contributed by atoms with Crippen LogP contribution in [-0.4, -0.2) is 19.6 Å². The van der Waals surface area contributed by atoms with E-state index in [1.54, 1.807) is 12.1 Å². The lowest BCUT2D eigenvalue weighted by atomic mass is 10.4. The molecule has 0 aliphatic heterocycles. The van der Waals surface area contributed by atoms with Gasteiger partial charge in [-0.1, -0.05) is 17.8 Å². The lowest BCUT2D eigenvalue weighted by Crippen LogP contribution is -2.08. The number of aromatic nitrogens is 4. The van der Waals surface area contributed by atoms with E-state index in [0.29, 0.717) is 15.6 Å². The largest absolute Gasteiger partial charge is 0.347 e. The molecule has 7 heteroatoms. The molecule has 2 aromatic heterocycles. The molecule has 3 rings (SSSR count). The van der Waals surface area contributed by atoms with Crippen LogP contribution in [0.2, 0.25) is 0 Å². The van der Waals surface area contributed by atoms with Crippen molar-refractivity contribution in [3.8, 4) is 0 Å². The second-order valence-electron chi connectivity index (χ2n) is 3.51. The highest BCUT2D eigenvalue weighted by atomic mass is 32.2. The highest BCUT2D eigenvalue weighted by Crippen LogP contribution is 2.27. The van der Waals surface area contributed by atoms with Gasteiger partial charge in [0.15, 0.2) is 5.65 Å². The van der Waals surface area contributed by atoms with Crippen LogP contribution in [-0.2, 0) is 0 Å². The molecule has 0 bridgehead atoms. The number of hydrogen-bond acceptors (Lipinski definition) is 4. The summed E-state index contributed by atoms with van der Waals surface area (Å²) < 4.78 is 14.4. The number of rotatable bonds is 2. The van der Waals surface area contributed by atoms with E-state index < -0.39 is 0 Å². The van der Waals surface area contributed by atoms with Gasteiger partial charge in [-0.05, 0) is 18.2 Å². The first-order valence-corrected chi connectivity index (χ1v) is 5.91. The lowest BCUT2D eigenvalue weighted by molar-refractivity contribution is 0.624. The maximum Gasteiger partial charge on any atom is 0.347 e. The minimum atomic E-state index is -0.325. The van der Waals surface area contributed by atoms with Gasteiger partial charge in [0.25, 0.3) is 0 Å². The van der Waals surface area contributed by atoms with Crippen LogP contribution in [0.25, 0.3) is 5.65 Å². The molecule has 0 amide bonds. The van der Waals surface area contributed by atoms with Gasteiger partial charge in [0.2, 0.25) is 0 Å². The van der Waals surface area contributed by atoms with Crippen LogP contribution in [0.1, 0.15) is 0 Å². The molecule has 1 N–H and O–H groups in total. The first kappa shape index (κ1) is 11.0. The van der Waals surface area contributed by atoms with Crippen LogP contribution >= 0.6 is 11.8 Å². The van der Waals surface area contributed by atoms with Crippen molar-refractivity contribution in [1.29, 1.82) is 0 Å². The third kappa shape index (κ3) is 1.88. The first-order chi connectivity index (χ1) is 8.74. The molecular formula is C11H7FN4OS. The molecule has 0 aliphatic rings. The number of H-pyrrole nitrogens is 1. The van der Waals surface area contributed by atoms with Crippen LogP contribution in [0, 0.1) is 5.82 Å². The van der Waals surface area contributed by atoms with E-state index in [4.69, 9.17) is 0 Å². The second kappa shape index (κ2) is 4.26. The molecule has 0 radical (unpaired) electrons. The fraction of sp³-hybridized carbons (Fsp3) is 0. The quantitative estimate of drug-likeness (QED) is 0.763. The standard InChI is InChI=1S/C11H7FN4OS/c12-7-2-1-3-8(6-7)18-10-9-14-15-11(17)16(9)5-4-13-10/h1-6H,(H,15,17). The average molecular weight is 262 g/mol. The van der Waals surface area contributed by atoms with Crippen LogP contribution in [0.15, 0.2) is 51.4 Å². The molecular weight excluding hydrogens is 255 g/mol. The molecule has 3 aromatic rings. The maximum absolute atomic E-state index is 13.1. The molecule has 0 fully saturated rings. The maximum atomic E-state index is 13.1. The Morgan fingerprint density at radius 3 is 3.11 bits per heavy atom. The predicted molar refractivity (Wildman–Crippen MR) is 64.1 cm³/mol. The summed E-state index contributed by atoms with van der Waals surface area (Å²) >= 11 is 1.25. The third-order valence-corrected chi connectivity index (χ3v) is 3.28. The van der Waals surface area contributed by atoms with Gasteiger partial charge in [-0.2, -0.15) is 0 Å². The monoisotopic (exact) mass is 262 g/mol. The van der Waals surface area contributed by atoms with Crippen molar-refractivity contribution in [2.45, 2.75) is 9.92 Å². The smallest absolute Gasteiger partial charge is 0.247 e. The zero-order valence-electron chi connectivity index (χ0n) is 9.00. The summed E-state index contributed by atoms with van der Waals surface area (Å²) in [5, 5.41) is 6.77. The van der Waals surface area contributed by atoms with Gasteiger partial charge in [0.1, 0.15) is 10.8 Å². The predicted octanol–water partition coefficient (Wildman–Crippen LogP) is 1.71. The SMILES string of the molecule is O=c1[nH]nc2c(Sc3cccc(F)c3)nccn12. The Labute approximate surface area is 105 Å². The Bertz CT molecular complexity index is 767. The number of aromatic amines is 1. The number of benzene rings is 1. The fourth-order valence-electron chi connectivity index (χ4n) is 1.53. The van der Waals surface area contributed by atoms with Crippen molar-refractivity contribution >= 4 is 17.4 Å². The highest BCUT2D eigenvalue weighted by Gasteiger charge is 2.09. The minimum absolute atomic E-state index is 0.314. The van der Waals surface area contributed by atoms with Gasteiger partial charge in [0, 0.05) is 17.3 Å². The fourth-order valence-corrected chi connectivity index (χ4v) is 2.42. The van der Waals surface area contributed by atoms with Crippen molar-refractivity contribution in [3.63, 3.8) is 0 Å². The Morgan fingerprint density at radius 2 is 2.28 bits per heavy atom. The van der Waals surface area contributed by atoms with Gasteiger partial charge in [0.05, 0.1) is 0 Å². The summed E-state index contributed by atoms with van der Waals surface area (Å²) in [6.45, 7) is 0. The van der Waals surface area contributed by atoms with E-state index >= 15 is 0 Å². The highest BCUT2D eigenvalue weighted by molar-refractivity contribution is 7.99. The van der Waals surface area contributed by atoms with Gasteiger partial charge in [-0.15, -0.1) is 5.10 Å². The van der Waals surface area contributed by atoms with Gasteiger partial charge >= 0.3 is 5.69 Å². The molecule has 18 heavy (non-hydrogen) atoms. The summed E-state index contributed by atoms with van der Waals surface area (Å²) in [7, 11) is 0. The molecule has 5 nitrogen and oxygen atoms in total.